The van der Waals surface area contributed by atoms with Gasteiger partial charge in [0, 0.05) is 19.8 Å². The molecule has 1 amide bonds. The number of nitrogens with zero attached hydrogens (tertiary/aromatic N) is 5. The van der Waals surface area contributed by atoms with Gasteiger partial charge in [-0.2, -0.15) is 5.26 Å². The van der Waals surface area contributed by atoms with Crippen LogP contribution in [-0.4, -0.2) is 54.0 Å². The summed E-state index contributed by atoms with van der Waals surface area (Å²) in [6, 6.07) is 12.8. The number of nitriles is 1. The molecule has 0 fully saturated rings. The van der Waals surface area contributed by atoms with Gasteiger partial charge in [0.2, 0.25) is 16.1 Å². The summed E-state index contributed by atoms with van der Waals surface area (Å²) in [4.78, 5) is 19.0. The lowest BCUT2D eigenvalue weighted by Crippen LogP contribution is -2.35. The van der Waals surface area contributed by atoms with E-state index in [-0.39, 0.29) is 4.90 Å². The molecule has 0 aliphatic carbocycles. The molecule has 1 aromatic heterocycles. The molecule has 11 heteroatoms. The number of anilines is 1. The van der Waals surface area contributed by atoms with E-state index < -0.39 is 22.0 Å². The smallest absolute Gasteiger partial charge is 0.267 e. The molecule has 1 N–H and O–H groups in total. The fourth-order valence-electron chi connectivity index (χ4n) is 2.44. The summed E-state index contributed by atoms with van der Waals surface area (Å²) < 4.78 is 25.8. The van der Waals surface area contributed by atoms with Crippen molar-refractivity contribution in [1.82, 2.24) is 19.5 Å². The lowest BCUT2D eigenvalue weighted by atomic mass is 10.2. The van der Waals surface area contributed by atoms with Crippen molar-refractivity contribution < 1.29 is 18.0 Å². The highest BCUT2D eigenvalue weighted by molar-refractivity contribution is 7.89. The van der Waals surface area contributed by atoms with Crippen molar-refractivity contribution in [3.05, 3.63) is 48.0 Å². The number of hydrogen-bond donors (Lipinski definition) is 1. The second kappa shape index (κ2) is 7.86. The highest BCUT2D eigenvalue weighted by atomic mass is 32.2. The molecule has 3 aromatic rings. The molecule has 1 atom stereocenters. The summed E-state index contributed by atoms with van der Waals surface area (Å²) in [5, 5.41) is 19.3. The van der Waals surface area contributed by atoms with Gasteiger partial charge in [-0.25, -0.2) is 12.7 Å². The van der Waals surface area contributed by atoms with E-state index in [0.29, 0.717) is 22.3 Å². The average Bonchev–Trinajstić information content (AvgIpc) is 3.10. The number of aromatic nitrogens is 3. The molecule has 1 unspecified atom stereocenters. The largest absolute Gasteiger partial charge is 0.382 e. The molecule has 0 saturated carbocycles. The Morgan fingerprint density at radius 2 is 2.03 bits per heavy atom. The first-order valence-electron chi connectivity index (χ1n) is 8.48. The van der Waals surface area contributed by atoms with Gasteiger partial charge < -0.3 is 10.2 Å². The van der Waals surface area contributed by atoms with Crippen LogP contribution < -0.4 is 10.2 Å². The maximum atomic E-state index is 12.4. The number of benzene rings is 2. The van der Waals surface area contributed by atoms with Gasteiger partial charge in [0.1, 0.15) is 11.0 Å². The van der Waals surface area contributed by atoms with Crippen LogP contribution in [0.4, 0.5) is 5.69 Å². The normalized spacial score (nSPS) is 12.5. The predicted octanol–water partition coefficient (Wildman–Crippen LogP) is 1.01. The topological polar surface area (TPSA) is 130 Å². The quantitative estimate of drug-likeness (QED) is 0.637. The highest BCUT2D eigenvalue weighted by Gasteiger charge is 2.21. The molecular weight excluding hydrogens is 396 g/mol. The second-order valence-corrected chi connectivity index (χ2v) is 8.48. The lowest BCUT2D eigenvalue weighted by molar-refractivity contribution is -0.127. The molecule has 2 aromatic carbocycles. The lowest BCUT2D eigenvalue weighted by Gasteiger charge is -2.14. The van der Waals surface area contributed by atoms with Crippen molar-refractivity contribution in [2.24, 2.45) is 0 Å². The number of sulfonamides is 1. The molecule has 3 rings (SSSR count). The summed E-state index contributed by atoms with van der Waals surface area (Å²) >= 11 is 0. The number of carbonyl (C=O) groups excluding carboxylic acids is 1. The summed E-state index contributed by atoms with van der Waals surface area (Å²) in [7, 11) is -0.792. The van der Waals surface area contributed by atoms with Crippen molar-refractivity contribution in [1.29, 1.82) is 5.26 Å². The zero-order valence-electron chi connectivity index (χ0n) is 15.9. The Morgan fingerprint density at radius 3 is 2.72 bits per heavy atom. The number of nitrogens with one attached hydrogen (secondary N) is 1. The molecule has 0 radical (unpaired) electrons. The van der Waals surface area contributed by atoms with E-state index in [2.05, 4.69) is 15.6 Å². The molecule has 0 bridgehead atoms. The minimum Gasteiger partial charge on any atom is -0.382 e. The van der Waals surface area contributed by atoms with E-state index in [1.54, 1.807) is 18.2 Å². The van der Waals surface area contributed by atoms with Gasteiger partial charge in [0.25, 0.3) is 5.91 Å². The molecule has 0 saturated heterocycles. The zero-order valence-corrected chi connectivity index (χ0v) is 16.7. The number of amides is 1. The van der Waals surface area contributed by atoms with Gasteiger partial charge in [-0.3, -0.25) is 4.79 Å². The minimum absolute atomic E-state index is 0.0487. The van der Waals surface area contributed by atoms with Crippen molar-refractivity contribution in [2.45, 2.75) is 17.9 Å². The molecule has 29 heavy (non-hydrogen) atoms. The van der Waals surface area contributed by atoms with Crippen molar-refractivity contribution >= 4 is 32.7 Å². The van der Waals surface area contributed by atoms with Gasteiger partial charge >= 0.3 is 0 Å². The van der Waals surface area contributed by atoms with E-state index in [4.69, 9.17) is 10.1 Å². The van der Waals surface area contributed by atoms with E-state index in [1.165, 1.54) is 45.3 Å². The van der Waals surface area contributed by atoms with Gasteiger partial charge in [-0.15, -0.1) is 5.10 Å². The van der Waals surface area contributed by atoms with E-state index in [9.17, 15) is 13.2 Å². The number of hydrogen-bond acceptors (Lipinski definition) is 7. The summed E-state index contributed by atoms with van der Waals surface area (Å²) in [5.74, 6) is -0.471. The second-order valence-electron chi connectivity index (χ2n) is 6.33. The molecule has 150 valence electrons. The molecule has 0 spiro atoms. The zero-order chi connectivity index (χ0) is 21.2. The van der Waals surface area contributed by atoms with Gasteiger partial charge in [-0.1, -0.05) is 10.9 Å². The Balaban J connectivity index is 1.82. The minimum atomic E-state index is -3.65. The molecule has 1 heterocycles. The molecular formula is C18H18N6O4S. The van der Waals surface area contributed by atoms with Gasteiger partial charge in [-0.05, 0) is 48.5 Å². The highest BCUT2D eigenvalue weighted by Crippen LogP contribution is 2.19. The van der Waals surface area contributed by atoms with E-state index in [1.807, 2.05) is 6.07 Å². The van der Waals surface area contributed by atoms with Crippen molar-refractivity contribution in [3.8, 4) is 6.07 Å². The van der Waals surface area contributed by atoms with Gasteiger partial charge in [0.05, 0.1) is 16.5 Å². The van der Waals surface area contributed by atoms with Crippen LogP contribution in [0, 0.1) is 11.3 Å². The maximum Gasteiger partial charge on any atom is 0.267 e. The summed E-state index contributed by atoms with van der Waals surface area (Å²) in [6.45, 7) is 1.51. The molecule has 0 aliphatic rings. The SMILES string of the molecule is CC(On1nnc2ccc(S(=O)(=O)N(C)C)cc21)C(=O)Nc1cccc(C#N)c1. The third-order valence-corrected chi connectivity index (χ3v) is 5.86. The molecule has 10 nitrogen and oxygen atoms in total. The van der Waals surface area contributed by atoms with Crippen LogP contribution in [0.3, 0.4) is 0 Å². The first-order chi connectivity index (χ1) is 13.7. The number of carbonyl (C=O) groups is 1. The van der Waals surface area contributed by atoms with Crippen molar-refractivity contribution in [2.75, 3.05) is 19.4 Å². The van der Waals surface area contributed by atoms with E-state index in [0.717, 1.165) is 9.15 Å². The maximum absolute atomic E-state index is 12.4. The fourth-order valence-corrected chi connectivity index (χ4v) is 3.36. The van der Waals surface area contributed by atoms with E-state index >= 15 is 0 Å². The Morgan fingerprint density at radius 1 is 1.28 bits per heavy atom. The summed E-state index contributed by atoms with van der Waals surface area (Å²) in [6.07, 6.45) is -0.972. The number of rotatable bonds is 6. The fraction of sp³-hybridized carbons (Fsp3) is 0.222. The number of fused-ring (bicyclic) bond motifs is 1. The standard InChI is InChI=1S/C18H18N6O4S/c1-12(18(25)20-14-6-4-5-13(9-14)11-19)28-24-17-10-15(29(26,27)23(2)3)7-8-16(17)21-22-24/h4-10,12H,1-3H3,(H,20,25). The van der Waals surface area contributed by atoms with Gasteiger partial charge in [0.15, 0.2) is 0 Å². The van der Waals surface area contributed by atoms with Crippen LogP contribution in [0.2, 0.25) is 0 Å². The third-order valence-electron chi connectivity index (χ3n) is 4.05. The first-order valence-corrected chi connectivity index (χ1v) is 9.92. The summed E-state index contributed by atoms with van der Waals surface area (Å²) in [5.41, 5.74) is 1.58. The predicted molar refractivity (Wildman–Crippen MR) is 104 cm³/mol. The van der Waals surface area contributed by atoms with Crippen molar-refractivity contribution in [3.63, 3.8) is 0 Å². The Labute approximate surface area is 167 Å². The average molecular weight is 414 g/mol. The Bertz CT molecular complexity index is 1210. The van der Waals surface area contributed by atoms with Crippen LogP contribution >= 0.6 is 0 Å². The van der Waals surface area contributed by atoms with Crippen LogP contribution in [0.15, 0.2) is 47.4 Å². The third kappa shape index (κ3) is 4.18. The monoisotopic (exact) mass is 414 g/mol. The van der Waals surface area contributed by atoms with Crippen LogP contribution in [0.25, 0.3) is 11.0 Å². The van der Waals surface area contributed by atoms with Crippen LogP contribution in [0.1, 0.15) is 12.5 Å². The molecule has 0 aliphatic heterocycles. The first kappa shape index (κ1) is 20.2. The Kier molecular flexibility index (Phi) is 5.49. The Hall–Kier alpha value is -3.49. The van der Waals surface area contributed by atoms with Crippen LogP contribution in [-0.2, 0) is 14.8 Å². The van der Waals surface area contributed by atoms with Crippen LogP contribution in [0.5, 0.6) is 0 Å².